The van der Waals surface area contributed by atoms with Crippen molar-refractivity contribution in [1.29, 1.82) is 0 Å². The van der Waals surface area contributed by atoms with Gasteiger partial charge in [-0.05, 0) is 29.7 Å². The molecule has 0 saturated carbocycles. The van der Waals surface area contributed by atoms with Crippen LogP contribution in [0.25, 0.3) is 0 Å². The van der Waals surface area contributed by atoms with Crippen LogP contribution in [0.2, 0.25) is 0 Å². The molecule has 28 heavy (non-hydrogen) atoms. The molecule has 2 aromatic rings. The van der Waals surface area contributed by atoms with E-state index in [1.165, 1.54) is 0 Å². The quantitative estimate of drug-likeness (QED) is 0.510. The summed E-state index contributed by atoms with van der Waals surface area (Å²) in [6.07, 6.45) is 0.472. The second kappa shape index (κ2) is 9.90. The van der Waals surface area contributed by atoms with Gasteiger partial charge in [0.2, 0.25) is 5.91 Å². The first-order valence-corrected chi connectivity index (χ1v) is 9.68. The molecule has 148 valence electrons. The molecule has 0 spiro atoms. The third-order valence-corrected chi connectivity index (χ3v) is 4.79. The fourth-order valence-electron chi connectivity index (χ4n) is 3.42. The van der Waals surface area contributed by atoms with Crippen LogP contribution in [0.15, 0.2) is 53.5 Å². The molecule has 0 saturated heterocycles. The molecule has 0 aromatic heterocycles. The summed E-state index contributed by atoms with van der Waals surface area (Å²) in [5.74, 6) is 0.925. The average Bonchev–Trinajstić information content (AvgIpc) is 2.71. The summed E-state index contributed by atoms with van der Waals surface area (Å²) in [6.45, 7) is 4.60. The van der Waals surface area contributed by atoms with Crippen LogP contribution in [-0.2, 0) is 22.7 Å². The second-order valence-corrected chi connectivity index (χ2v) is 6.81. The first-order valence-electron chi connectivity index (χ1n) is 9.68. The lowest BCUT2D eigenvalue weighted by molar-refractivity contribution is -0.116. The van der Waals surface area contributed by atoms with E-state index >= 15 is 0 Å². The van der Waals surface area contributed by atoms with E-state index in [-0.39, 0.29) is 11.8 Å². The number of anilines is 1. The van der Waals surface area contributed by atoms with Crippen LogP contribution in [0.5, 0.6) is 0 Å². The fourth-order valence-corrected chi connectivity index (χ4v) is 3.42. The smallest absolute Gasteiger partial charge is 0.225 e. The van der Waals surface area contributed by atoms with Crippen molar-refractivity contribution in [3.63, 3.8) is 0 Å². The summed E-state index contributed by atoms with van der Waals surface area (Å²) in [5, 5.41) is 9.63. The van der Waals surface area contributed by atoms with E-state index in [0.29, 0.717) is 26.1 Å². The molecule has 3 N–H and O–H groups in total. The minimum atomic E-state index is 0.0564. The summed E-state index contributed by atoms with van der Waals surface area (Å²) in [7, 11) is 1.70. The number of hydrogen-bond acceptors (Lipinski definition) is 3. The molecule has 0 radical (unpaired) electrons. The molecule has 0 aliphatic carbocycles. The number of para-hydroxylation sites is 1. The highest BCUT2D eigenvalue weighted by atomic mass is 16.5. The fraction of sp³-hybridized carbons (Fsp3) is 0.364. The molecule has 0 fully saturated rings. The van der Waals surface area contributed by atoms with E-state index < -0.39 is 0 Å². The van der Waals surface area contributed by atoms with Gasteiger partial charge in [0.1, 0.15) is 0 Å². The van der Waals surface area contributed by atoms with E-state index in [1.807, 2.05) is 37.3 Å². The van der Waals surface area contributed by atoms with Crippen LogP contribution in [-0.4, -0.2) is 32.1 Å². The van der Waals surface area contributed by atoms with Crippen molar-refractivity contribution in [1.82, 2.24) is 10.6 Å². The zero-order valence-corrected chi connectivity index (χ0v) is 16.5. The van der Waals surface area contributed by atoms with Gasteiger partial charge in [0, 0.05) is 38.2 Å². The SMILES string of the molecule is CCNC(=NCc1ccccc1COC)NCC1CC(=O)Nc2ccccc21. The Labute approximate surface area is 166 Å². The van der Waals surface area contributed by atoms with Crippen LogP contribution in [0, 0.1) is 0 Å². The van der Waals surface area contributed by atoms with Crippen LogP contribution in [0.3, 0.4) is 0 Å². The summed E-state index contributed by atoms with van der Waals surface area (Å²) in [6, 6.07) is 16.1. The van der Waals surface area contributed by atoms with Gasteiger partial charge in [0.25, 0.3) is 0 Å². The van der Waals surface area contributed by atoms with Crippen LogP contribution >= 0.6 is 0 Å². The Balaban J connectivity index is 1.69. The van der Waals surface area contributed by atoms with Crippen molar-refractivity contribution in [3.8, 4) is 0 Å². The van der Waals surface area contributed by atoms with Crippen LogP contribution in [0.4, 0.5) is 5.69 Å². The largest absolute Gasteiger partial charge is 0.380 e. The molecule has 1 unspecified atom stereocenters. The van der Waals surface area contributed by atoms with E-state index in [0.717, 1.165) is 34.9 Å². The van der Waals surface area contributed by atoms with Gasteiger partial charge in [-0.1, -0.05) is 42.5 Å². The standard InChI is InChI=1S/C22H28N4O2/c1-3-23-22(24-13-16-8-4-5-9-17(16)15-28-2)25-14-18-12-21(27)26-20-11-7-6-10-19(18)20/h4-11,18H,3,12-15H2,1-2H3,(H,26,27)(H2,23,24,25). The molecular weight excluding hydrogens is 352 g/mol. The summed E-state index contributed by atoms with van der Waals surface area (Å²) in [4.78, 5) is 16.7. The zero-order valence-electron chi connectivity index (χ0n) is 16.5. The molecule has 1 amide bonds. The number of guanidine groups is 1. The number of nitrogens with zero attached hydrogens (tertiary/aromatic N) is 1. The monoisotopic (exact) mass is 380 g/mol. The maximum absolute atomic E-state index is 12.0. The van der Waals surface area contributed by atoms with Crippen molar-refractivity contribution in [2.75, 3.05) is 25.5 Å². The van der Waals surface area contributed by atoms with Crippen molar-refractivity contribution < 1.29 is 9.53 Å². The summed E-state index contributed by atoms with van der Waals surface area (Å²) >= 11 is 0. The average molecular weight is 380 g/mol. The van der Waals surface area contributed by atoms with Crippen LogP contribution in [0.1, 0.15) is 36.0 Å². The van der Waals surface area contributed by atoms with Gasteiger partial charge in [0.15, 0.2) is 5.96 Å². The predicted molar refractivity (Wildman–Crippen MR) is 112 cm³/mol. The second-order valence-electron chi connectivity index (χ2n) is 6.81. The predicted octanol–water partition coefficient (Wildman–Crippen LogP) is 3.01. The first kappa shape index (κ1) is 19.9. The summed E-state index contributed by atoms with van der Waals surface area (Å²) < 4.78 is 5.28. The zero-order chi connectivity index (χ0) is 19.8. The van der Waals surface area contributed by atoms with Gasteiger partial charge in [-0.25, -0.2) is 4.99 Å². The Morgan fingerprint density at radius 3 is 2.68 bits per heavy atom. The number of aliphatic imine (C=N–C) groups is 1. The highest BCUT2D eigenvalue weighted by Crippen LogP contribution is 2.31. The Morgan fingerprint density at radius 2 is 1.89 bits per heavy atom. The molecule has 1 heterocycles. The van der Waals surface area contributed by atoms with Gasteiger partial charge in [-0.2, -0.15) is 0 Å². The lowest BCUT2D eigenvalue weighted by Crippen LogP contribution is -2.40. The third kappa shape index (κ3) is 5.10. The number of carbonyl (C=O) groups is 1. The van der Waals surface area contributed by atoms with Gasteiger partial charge >= 0.3 is 0 Å². The third-order valence-electron chi connectivity index (χ3n) is 4.79. The minimum absolute atomic E-state index is 0.0564. The number of fused-ring (bicyclic) bond motifs is 1. The summed E-state index contributed by atoms with van der Waals surface area (Å²) in [5.41, 5.74) is 4.35. The van der Waals surface area contributed by atoms with E-state index in [1.54, 1.807) is 7.11 Å². The number of methoxy groups -OCH3 is 1. The molecule has 1 atom stereocenters. The Kier molecular flexibility index (Phi) is 7.03. The Morgan fingerprint density at radius 1 is 1.14 bits per heavy atom. The number of ether oxygens (including phenoxy) is 1. The van der Waals surface area contributed by atoms with E-state index in [4.69, 9.17) is 9.73 Å². The number of carbonyl (C=O) groups excluding carboxylic acids is 1. The van der Waals surface area contributed by atoms with Crippen molar-refractivity contribution in [2.45, 2.75) is 32.4 Å². The molecule has 1 aliphatic rings. The van der Waals surface area contributed by atoms with Gasteiger partial charge in [0.05, 0.1) is 13.2 Å². The van der Waals surface area contributed by atoms with Crippen molar-refractivity contribution in [3.05, 3.63) is 65.2 Å². The molecular formula is C22H28N4O2. The lowest BCUT2D eigenvalue weighted by Gasteiger charge is -2.26. The van der Waals surface area contributed by atoms with Gasteiger partial charge < -0.3 is 20.7 Å². The molecule has 6 heteroatoms. The molecule has 6 nitrogen and oxygen atoms in total. The van der Waals surface area contributed by atoms with E-state index in [2.05, 4.69) is 34.1 Å². The highest BCUT2D eigenvalue weighted by Gasteiger charge is 2.24. The highest BCUT2D eigenvalue weighted by molar-refractivity contribution is 5.94. The minimum Gasteiger partial charge on any atom is -0.380 e. The van der Waals surface area contributed by atoms with Crippen LogP contribution < -0.4 is 16.0 Å². The molecule has 1 aliphatic heterocycles. The number of amides is 1. The Bertz CT molecular complexity index is 835. The number of nitrogens with one attached hydrogen (secondary N) is 3. The maximum atomic E-state index is 12.0. The number of rotatable bonds is 7. The number of hydrogen-bond donors (Lipinski definition) is 3. The maximum Gasteiger partial charge on any atom is 0.225 e. The van der Waals surface area contributed by atoms with Gasteiger partial charge in [-0.3, -0.25) is 4.79 Å². The van der Waals surface area contributed by atoms with E-state index in [9.17, 15) is 4.79 Å². The van der Waals surface area contributed by atoms with Crippen molar-refractivity contribution >= 4 is 17.6 Å². The number of benzene rings is 2. The molecule has 0 bridgehead atoms. The van der Waals surface area contributed by atoms with Gasteiger partial charge in [-0.15, -0.1) is 0 Å². The van der Waals surface area contributed by atoms with Crippen molar-refractivity contribution in [2.24, 2.45) is 4.99 Å². The topological polar surface area (TPSA) is 74.8 Å². The normalized spacial score (nSPS) is 16.3. The lowest BCUT2D eigenvalue weighted by atomic mass is 9.90. The molecule has 3 rings (SSSR count). The Hall–Kier alpha value is -2.86. The first-order chi connectivity index (χ1) is 13.7. The molecule has 2 aromatic carbocycles.